The summed E-state index contributed by atoms with van der Waals surface area (Å²) >= 11 is 1.65. The van der Waals surface area contributed by atoms with Gasteiger partial charge >= 0.3 is 36.0 Å². The molecule has 3 aromatic rings. The Hall–Kier alpha value is -2.81. The van der Waals surface area contributed by atoms with E-state index in [2.05, 4.69) is 0 Å². The summed E-state index contributed by atoms with van der Waals surface area (Å²) in [5, 5.41) is -14.2. The largest absolute Gasteiger partial charge is 0.460 e. The van der Waals surface area contributed by atoms with Crippen LogP contribution < -0.4 is 0 Å². The number of alkyl halides is 14. The summed E-state index contributed by atoms with van der Waals surface area (Å²) in [4.78, 5) is 0. The minimum absolute atomic E-state index is 1.65. The van der Waals surface area contributed by atoms with E-state index in [4.69, 9.17) is 0 Å². The van der Waals surface area contributed by atoms with Crippen LogP contribution in [-0.4, -0.2) is 24.2 Å². The van der Waals surface area contributed by atoms with Crippen LogP contribution in [0.1, 0.15) is 11.1 Å². The average Bonchev–Trinajstić information content (AvgIpc) is 2.84. The van der Waals surface area contributed by atoms with Crippen molar-refractivity contribution in [1.29, 1.82) is 0 Å². The van der Waals surface area contributed by atoms with Gasteiger partial charge in [0.25, 0.3) is 0 Å². The molecule has 0 bridgehead atoms. The molecule has 22 heteroatoms. The van der Waals surface area contributed by atoms with Gasteiger partial charge in [-0.3, -0.25) is 0 Å². The summed E-state index contributed by atoms with van der Waals surface area (Å²) in [6, 6.07) is 0. The van der Waals surface area contributed by atoms with Crippen LogP contribution in [0.25, 0.3) is 21.5 Å². The standard InChI is InChI=1S/C20BrF21/c21-7-8(22)1-2(9(23)12(7)26)6(16(31,32)18(35,36)20(40,41)42)4-3(10(24)13(27)14(28)11(4)25)5(1)15(29,30)17(33,34)19(37,38)39. The van der Waals surface area contributed by atoms with Crippen LogP contribution in [0, 0.1) is 40.7 Å². The van der Waals surface area contributed by atoms with E-state index in [1.54, 1.807) is 15.9 Å². The fourth-order valence-electron chi connectivity index (χ4n) is 3.75. The highest BCUT2D eigenvalue weighted by Crippen LogP contribution is 2.60. The molecule has 0 saturated heterocycles. The number of fused-ring (bicyclic) bond motifs is 2. The minimum atomic E-state index is -7.75. The van der Waals surface area contributed by atoms with Gasteiger partial charge in [0, 0.05) is 32.7 Å². The van der Waals surface area contributed by atoms with Crippen LogP contribution in [0.5, 0.6) is 0 Å². The molecule has 0 spiro atoms. The fourth-order valence-corrected chi connectivity index (χ4v) is 4.12. The minimum Gasteiger partial charge on any atom is -0.205 e. The first-order valence-corrected chi connectivity index (χ1v) is 10.5. The van der Waals surface area contributed by atoms with E-state index in [-0.39, 0.29) is 0 Å². The summed E-state index contributed by atoms with van der Waals surface area (Å²) < 4.78 is 292. The Kier molecular flexibility index (Phi) is 7.49. The van der Waals surface area contributed by atoms with Crippen molar-refractivity contribution in [3.05, 3.63) is 56.3 Å². The Morgan fingerprint density at radius 2 is 0.571 bits per heavy atom. The van der Waals surface area contributed by atoms with Gasteiger partial charge in [-0.2, -0.15) is 61.5 Å². The van der Waals surface area contributed by atoms with Crippen LogP contribution in [-0.2, 0) is 11.8 Å². The van der Waals surface area contributed by atoms with E-state index in [9.17, 15) is 87.8 Å². The molecule has 0 aliphatic rings. The highest BCUT2D eigenvalue weighted by atomic mass is 79.9. The van der Waals surface area contributed by atoms with Crippen LogP contribution in [0.2, 0.25) is 0 Å². The molecule has 0 aromatic heterocycles. The lowest BCUT2D eigenvalue weighted by Gasteiger charge is -2.34. The monoisotopic (exact) mass is 718 g/mol. The number of halogens is 22. The van der Waals surface area contributed by atoms with Gasteiger partial charge in [0.15, 0.2) is 34.9 Å². The Balaban J connectivity index is 3.03. The van der Waals surface area contributed by atoms with Gasteiger partial charge in [0.1, 0.15) is 5.82 Å². The molecule has 0 heterocycles. The molecule has 42 heavy (non-hydrogen) atoms. The van der Waals surface area contributed by atoms with Crippen LogP contribution >= 0.6 is 15.9 Å². The van der Waals surface area contributed by atoms with Crippen molar-refractivity contribution in [2.45, 2.75) is 36.0 Å². The molecule has 3 rings (SSSR count). The smallest absolute Gasteiger partial charge is 0.205 e. The second-order valence-electron chi connectivity index (χ2n) is 8.05. The predicted octanol–water partition coefficient (Wildman–Crippen LogP) is 10.3. The highest BCUT2D eigenvalue weighted by molar-refractivity contribution is 9.10. The maximum absolute atomic E-state index is 15.0. The van der Waals surface area contributed by atoms with Crippen LogP contribution in [0.3, 0.4) is 0 Å². The first-order valence-electron chi connectivity index (χ1n) is 9.66. The molecule has 0 unspecified atom stereocenters. The van der Waals surface area contributed by atoms with Gasteiger partial charge in [-0.15, -0.1) is 0 Å². The summed E-state index contributed by atoms with van der Waals surface area (Å²) in [5.74, 6) is -55.0. The number of benzene rings is 3. The van der Waals surface area contributed by atoms with Crippen molar-refractivity contribution in [1.82, 2.24) is 0 Å². The zero-order chi connectivity index (χ0) is 33.1. The zero-order valence-electron chi connectivity index (χ0n) is 18.3. The van der Waals surface area contributed by atoms with E-state index in [0.29, 0.717) is 0 Å². The SMILES string of the molecule is Fc1c(F)c(F)c2c(C(F)(F)C(F)(F)C(F)(F)F)c3c(F)c(Br)c(F)c(F)c3c(C(F)(F)C(F)(F)C(F)(F)F)c2c1F. The van der Waals surface area contributed by atoms with Crippen molar-refractivity contribution in [2.75, 3.05) is 0 Å². The summed E-state index contributed by atoms with van der Waals surface area (Å²) in [7, 11) is 0. The van der Waals surface area contributed by atoms with Crippen molar-refractivity contribution < 1.29 is 92.2 Å². The Labute approximate surface area is 222 Å². The first kappa shape index (κ1) is 33.7. The van der Waals surface area contributed by atoms with Crippen molar-refractivity contribution in [3.63, 3.8) is 0 Å². The lowest BCUT2D eigenvalue weighted by Crippen LogP contribution is -2.51. The molecule has 234 valence electrons. The second-order valence-corrected chi connectivity index (χ2v) is 8.85. The molecule has 0 saturated carbocycles. The van der Waals surface area contributed by atoms with Crippen molar-refractivity contribution in [2.24, 2.45) is 0 Å². The number of rotatable bonds is 4. The lowest BCUT2D eigenvalue weighted by atomic mass is 9.82. The maximum atomic E-state index is 15.0. The molecule has 0 radical (unpaired) electrons. The average molecular weight is 719 g/mol. The van der Waals surface area contributed by atoms with E-state index in [1.807, 2.05) is 0 Å². The Morgan fingerprint density at radius 1 is 0.333 bits per heavy atom. The molecule has 0 amide bonds. The van der Waals surface area contributed by atoms with Gasteiger partial charge in [-0.25, -0.2) is 30.7 Å². The fraction of sp³-hybridized carbons (Fsp3) is 0.300. The molecule has 3 aromatic carbocycles. The van der Waals surface area contributed by atoms with Gasteiger partial charge in [0.2, 0.25) is 0 Å². The summed E-state index contributed by atoms with van der Waals surface area (Å²) in [6.07, 6.45) is -15.2. The molecular weight excluding hydrogens is 719 g/mol. The number of hydrogen-bond donors (Lipinski definition) is 0. The van der Waals surface area contributed by atoms with Crippen LogP contribution in [0.15, 0.2) is 4.47 Å². The Bertz CT molecular complexity index is 1430. The van der Waals surface area contributed by atoms with Gasteiger partial charge in [-0.05, 0) is 15.9 Å². The van der Waals surface area contributed by atoms with E-state index < -0.39 is 114 Å². The van der Waals surface area contributed by atoms with Gasteiger partial charge < -0.3 is 0 Å². The molecule has 0 N–H and O–H groups in total. The van der Waals surface area contributed by atoms with Crippen LogP contribution in [0.4, 0.5) is 92.2 Å². The van der Waals surface area contributed by atoms with E-state index in [1.165, 1.54) is 0 Å². The maximum Gasteiger partial charge on any atom is 0.460 e. The Morgan fingerprint density at radius 3 is 0.833 bits per heavy atom. The summed E-state index contributed by atoms with van der Waals surface area (Å²) in [5.41, 5.74) is -7.93. The lowest BCUT2D eigenvalue weighted by molar-refractivity contribution is -0.359. The highest BCUT2D eigenvalue weighted by Gasteiger charge is 2.76. The first-order chi connectivity index (χ1) is 18.5. The topological polar surface area (TPSA) is 0 Å². The molecule has 0 fully saturated rings. The third-order valence-electron chi connectivity index (χ3n) is 5.66. The van der Waals surface area contributed by atoms with E-state index >= 15 is 4.39 Å². The molecule has 0 nitrogen and oxygen atoms in total. The zero-order valence-corrected chi connectivity index (χ0v) is 19.9. The third kappa shape index (κ3) is 4.09. The molecule has 0 aliphatic carbocycles. The molecule has 0 atom stereocenters. The quantitative estimate of drug-likeness (QED) is 0.109. The summed E-state index contributed by atoms with van der Waals surface area (Å²) in [6.45, 7) is 0. The number of hydrogen-bond acceptors (Lipinski definition) is 0. The van der Waals surface area contributed by atoms with Crippen molar-refractivity contribution in [3.8, 4) is 0 Å². The normalized spacial score (nSPS) is 14.4. The molecule has 0 aliphatic heterocycles. The second kappa shape index (κ2) is 9.34. The van der Waals surface area contributed by atoms with Gasteiger partial charge in [0.05, 0.1) is 4.47 Å². The predicted molar refractivity (Wildman–Crippen MR) is 98.7 cm³/mol. The molecular formula is C20BrF21. The van der Waals surface area contributed by atoms with Gasteiger partial charge in [-0.1, -0.05) is 0 Å². The van der Waals surface area contributed by atoms with E-state index in [0.717, 1.165) is 0 Å². The van der Waals surface area contributed by atoms with Crippen molar-refractivity contribution >= 4 is 37.5 Å². The third-order valence-corrected chi connectivity index (χ3v) is 6.36.